The van der Waals surface area contributed by atoms with Gasteiger partial charge in [-0.2, -0.15) is 0 Å². The number of fused-ring (bicyclic) bond motifs is 2. The topological polar surface area (TPSA) is 74.8 Å². The molecule has 5 aliphatic rings. The van der Waals surface area contributed by atoms with Crippen LogP contribution >= 0.6 is 0 Å². The third-order valence-electron chi connectivity index (χ3n) is 5.94. The highest BCUT2D eigenvalue weighted by Gasteiger charge is 2.55. The van der Waals surface area contributed by atoms with Gasteiger partial charge in [0.1, 0.15) is 0 Å². The van der Waals surface area contributed by atoms with Crippen molar-refractivity contribution in [1.82, 2.24) is 9.80 Å². The molecule has 0 aromatic heterocycles. The third kappa shape index (κ3) is 1.49. The molecule has 4 bridgehead atoms. The van der Waals surface area contributed by atoms with Crippen molar-refractivity contribution >= 4 is 23.6 Å². The van der Waals surface area contributed by atoms with E-state index in [9.17, 15) is 19.2 Å². The first-order valence-corrected chi connectivity index (χ1v) is 8.19. The van der Waals surface area contributed by atoms with Gasteiger partial charge in [0, 0.05) is 13.1 Å². The lowest BCUT2D eigenvalue weighted by atomic mass is 9.74. The largest absolute Gasteiger partial charge is 0.282 e. The summed E-state index contributed by atoms with van der Waals surface area (Å²) in [4.78, 5) is 52.2. The highest BCUT2D eigenvalue weighted by Crippen LogP contribution is 2.47. The van der Waals surface area contributed by atoms with Crippen LogP contribution in [0.1, 0.15) is 19.3 Å². The SMILES string of the molecule is O=C1[C@H]2C3=C[C@H]2C(=O)N1CCCC1=C[C@H]2C(=O)N(CC3)C(=O)[C@@H]12. The fraction of sp³-hybridized carbons (Fsp3) is 0.529. The quantitative estimate of drug-likeness (QED) is 0.475. The van der Waals surface area contributed by atoms with Gasteiger partial charge in [0.2, 0.25) is 23.6 Å². The van der Waals surface area contributed by atoms with E-state index in [-0.39, 0.29) is 47.3 Å². The van der Waals surface area contributed by atoms with Crippen LogP contribution in [0.25, 0.3) is 0 Å². The van der Waals surface area contributed by atoms with Crippen LogP contribution in [0.2, 0.25) is 0 Å². The lowest BCUT2D eigenvalue weighted by Crippen LogP contribution is -2.35. The molecule has 6 heteroatoms. The maximum Gasteiger partial charge on any atom is 0.237 e. The average molecular weight is 312 g/mol. The van der Waals surface area contributed by atoms with Crippen molar-refractivity contribution in [2.75, 3.05) is 13.1 Å². The van der Waals surface area contributed by atoms with Crippen LogP contribution in [0, 0.1) is 23.7 Å². The smallest absolute Gasteiger partial charge is 0.237 e. The van der Waals surface area contributed by atoms with Crippen molar-refractivity contribution < 1.29 is 19.2 Å². The minimum Gasteiger partial charge on any atom is -0.282 e. The minimum absolute atomic E-state index is 0.0823. The second-order valence-corrected chi connectivity index (χ2v) is 7.00. The molecular weight excluding hydrogens is 296 g/mol. The number of hydrogen-bond acceptors (Lipinski definition) is 4. The monoisotopic (exact) mass is 312 g/mol. The first kappa shape index (κ1) is 13.2. The second kappa shape index (κ2) is 4.19. The zero-order chi connectivity index (χ0) is 15.9. The molecule has 0 radical (unpaired) electrons. The number of carbonyl (C=O) groups excluding carboxylic acids is 4. The van der Waals surface area contributed by atoms with Gasteiger partial charge in [0.05, 0.1) is 23.7 Å². The molecule has 3 heterocycles. The van der Waals surface area contributed by atoms with Crippen molar-refractivity contribution in [3.8, 4) is 0 Å². The fourth-order valence-electron chi connectivity index (χ4n) is 4.65. The molecule has 4 amide bonds. The molecule has 6 nitrogen and oxygen atoms in total. The molecule has 3 aliphatic heterocycles. The molecule has 118 valence electrons. The summed E-state index contributed by atoms with van der Waals surface area (Å²) in [6.45, 7) is 0.731. The van der Waals surface area contributed by atoms with E-state index in [0.717, 1.165) is 11.1 Å². The first-order chi connectivity index (χ1) is 11.1. The van der Waals surface area contributed by atoms with E-state index >= 15 is 0 Å². The van der Waals surface area contributed by atoms with Crippen LogP contribution in [0.3, 0.4) is 0 Å². The molecule has 3 fully saturated rings. The molecule has 23 heavy (non-hydrogen) atoms. The molecule has 2 aliphatic carbocycles. The molecular formula is C17H16N2O4. The van der Waals surface area contributed by atoms with Gasteiger partial charge in [0.25, 0.3) is 0 Å². The molecule has 0 saturated carbocycles. The van der Waals surface area contributed by atoms with Crippen LogP contribution in [-0.2, 0) is 19.2 Å². The molecule has 4 atom stereocenters. The molecule has 3 saturated heterocycles. The second-order valence-electron chi connectivity index (χ2n) is 7.00. The van der Waals surface area contributed by atoms with Gasteiger partial charge in [0.15, 0.2) is 0 Å². The maximum absolute atomic E-state index is 12.5. The Morgan fingerprint density at radius 3 is 1.83 bits per heavy atom. The summed E-state index contributed by atoms with van der Waals surface area (Å²) in [6.07, 6.45) is 5.57. The van der Waals surface area contributed by atoms with Gasteiger partial charge in [-0.3, -0.25) is 29.0 Å². The molecule has 0 N–H and O–H groups in total. The summed E-state index contributed by atoms with van der Waals surface area (Å²) >= 11 is 0. The summed E-state index contributed by atoms with van der Waals surface area (Å²) in [5.74, 6) is -1.60. The first-order valence-electron chi connectivity index (χ1n) is 8.19. The number of nitrogens with zero attached hydrogens (tertiary/aromatic N) is 2. The predicted molar refractivity (Wildman–Crippen MR) is 77.4 cm³/mol. The lowest BCUT2D eigenvalue weighted by molar-refractivity contribution is -0.140. The van der Waals surface area contributed by atoms with E-state index in [1.165, 1.54) is 9.80 Å². The third-order valence-corrected chi connectivity index (χ3v) is 5.94. The summed E-state index contributed by atoms with van der Waals surface area (Å²) in [7, 11) is 0. The maximum atomic E-state index is 12.5. The predicted octanol–water partition coefficient (Wildman–Crippen LogP) is 0.253. The van der Waals surface area contributed by atoms with Gasteiger partial charge >= 0.3 is 0 Å². The van der Waals surface area contributed by atoms with Crippen molar-refractivity contribution in [3.63, 3.8) is 0 Å². The van der Waals surface area contributed by atoms with E-state index < -0.39 is 0 Å². The van der Waals surface area contributed by atoms with Crippen LogP contribution in [0.15, 0.2) is 23.3 Å². The van der Waals surface area contributed by atoms with E-state index in [2.05, 4.69) is 0 Å². The van der Waals surface area contributed by atoms with Gasteiger partial charge in [-0.25, -0.2) is 0 Å². The summed E-state index contributed by atoms with van der Waals surface area (Å²) in [5, 5.41) is 0. The van der Waals surface area contributed by atoms with Gasteiger partial charge in [-0.1, -0.05) is 23.3 Å². The molecule has 0 spiro atoms. The normalized spacial score (nSPS) is 38.3. The van der Waals surface area contributed by atoms with Crippen LogP contribution in [0.5, 0.6) is 0 Å². The minimum atomic E-state index is -0.347. The Bertz CT molecular complexity index is 750. The summed E-state index contributed by atoms with van der Waals surface area (Å²) < 4.78 is 0. The number of imide groups is 2. The van der Waals surface area contributed by atoms with Gasteiger partial charge in [-0.15, -0.1) is 0 Å². The number of hydrogen-bond donors (Lipinski definition) is 0. The number of carbonyl (C=O) groups is 4. The van der Waals surface area contributed by atoms with Crippen molar-refractivity contribution in [2.24, 2.45) is 23.7 Å². The van der Waals surface area contributed by atoms with Crippen LogP contribution in [0.4, 0.5) is 0 Å². The van der Waals surface area contributed by atoms with Crippen molar-refractivity contribution in [3.05, 3.63) is 23.3 Å². The fourth-order valence-corrected chi connectivity index (χ4v) is 4.65. The Morgan fingerprint density at radius 1 is 0.696 bits per heavy atom. The summed E-state index contributed by atoms with van der Waals surface area (Å²) in [5.41, 5.74) is 1.90. The lowest BCUT2D eigenvalue weighted by Gasteiger charge is -2.27. The molecule has 0 aromatic rings. The zero-order valence-corrected chi connectivity index (χ0v) is 12.5. The Kier molecular flexibility index (Phi) is 2.41. The number of rotatable bonds is 0. The van der Waals surface area contributed by atoms with E-state index in [0.29, 0.717) is 32.4 Å². The Hall–Kier alpha value is -2.24. The summed E-state index contributed by atoms with van der Waals surface area (Å²) in [6, 6.07) is 0. The molecule has 5 rings (SSSR count). The Labute approximate surface area is 132 Å². The van der Waals surface area contributed by atoms with E-state index in [1.54, 1.807) is 0 Å². The highest BCUT2D eigenvalue weighted by molar-refractivity contribution is 6.10. The number of amides is 4. The van der Waals surface area contributed by atoms with Crippen molar-refractivity contribution in [1.29, 1.82) is 0 Å². The van der Waals surface area contributed by atoms with E-state index in [4.69, 9.17) is 0 Å². The highest BCUT2D eigenvalue weighted by atomic mass is 16.2. The van der Waals surface area contributed by atoms with Crippen molar-refractivity contribution in [2.45, 2.75) is 19.3 Å². The zero-order valence-electron chi connectivity index (χ0n) is 12.5. The standard InChI is InChI=1S/C17H16N2O4/c20-14-11-7-9-3-5-19-15(21)10-6-8(12(10)17(19)23)2-1-4-18(14)16(22)13(9)11/h6-7,10-13H,1-5H2/t10-,11-,12+,13+/m1/s1. The Morgan fingerprint density at radius 2 is 1.22 bits per heavy atom. The average Bonchev–Trinajstić information content (AvgIpc) is 2.74. The molecule has 0 unspecified atom stereocenters. The van der Waals surface area contributed by atoms with Crippen LogP contribution in [-0.4, -0.2) is 46.5 Å². The van der Waals surface area contributed by atoms with Crippen LogP contribution < -0.4 is 0 Å². The molecule has 0 aromatic carbocycles. The van der Waals surface area contributed by atoms with E-state index in [1.807, 2.05) is 12.2 Å². The Balaban J connectivity index is 1.49. The van der Waals surface area contributed by atoms with Gasteiger partial charge in [-0.05, 0) is 19.3 Å². The van der Waals surface area contributed by atoms with Gasteiger partial charge < -0.3 is 0 Å².